The number of rotatable bonds is 6. The molecule has 1 unspecified atom stereocenters. The van der Waals surface area contributed by atoms with Crippen LogP contribution in [0.1, 0.15) is 25.3 Å². The van der Waals surface area contributed by atoms with Gasteiger partial charge in [0.2, 0.25) is 0 Å². The summed E-state index contributed by atoms with van der Waals surface area (Å²) in [6.07, 6.45) is 0. The molecule has 1 N–H and O–H groups in total. The number of Topliss-reactive ketones (excluding diaryl/α,β-unsaturated/α-hetero) is 1. The number of carbonyl (C=O) groups excluding carboxylic acids is 1. The normalized spacial score (nSPS) is 16.6. The number of benzene rings is 2. The Balaban J connectivity index is 1.92. The lowest BCUT2D eigenvalue weighted by atomic mass is 9.81. The Bertz CT molecular complexity index is 976. The van der Waals surface area contributed by atoms with E-state index in [2.05, 4.69) is 23.5 Å². The molecule has 0 spiro atoms. The van der Waals surface area contributed by atoms with Crippen molar-refractivity contribution in [2.75, 3.05) is 5.08 Å². The summed E-state index contributed by atoms with van der Waals surface area (Å²) in [7, 11) is 0. The molecule has 0 saturated carbocycles. The maximum Gasteiger partial charge on any atom is 0.158 e. The van der Waals surface area contributed by atoms with Crippen molar-refractivity contribution in [1.82, 2.24) is 5.32 Å². The summed E-state index contributed by atoms with van der Waals surface area (Å²) in [5, 5.41) is 15.4. The molecule has 0 fully saturated rings. The van der Waals surface area contributed by atoms with E-state index in [1.54, 1.807) is 42.6 Å². The number of halogens is 1. The SMILES string of the molecule is CC(=O)C1=C(C)NC(SCSc2ccccc2)=C(C#N)C1c1ccc(Cl)cc1. The Kier molecular flexibility index (Phi) is 6.90. The van der Waals surface area contributed by atoms with Crippen molar-refractivity contribution in [3.63, 3.8) is 0 Å². The molecule has 0 amide bonds. The van der Waals surface area contributed by atoms with Crippen LogP contribution < -0.4 is 5.32 Å². The number of nitriles is 1. The van der Waals surface area contributed by atoms with E-state index in [1.165, 1.54) is 4.90 Å². The molecule has 1 atom stereocenters. The van der Waals surface area contributed by atoms with Gasteiger partial charge in [0.05, 0.1) is 27.7 Å². The molecule has 3 nitrogen and oxygen atoms in total. The molecule has 0 radical (unpaired) electrons. The highest BCUT2D eigenvalue weighted by atomic mass is 35.5. The maximum atomic E-state index is 12.4. The average molecular weight is 427 g/mol. The largest absolute Gasteiger partial charge is 0.353 e. The second-order valence-electron chi connectivity index (χ2n) is 6.28. The average Bonchev–Trinajstić information content (AvgIpc) is 2.68. The summed E-state index contributed by atoms with van der Waals surface area (Å²) in [5.41, 5.74) is 2.87. The number of allylic oxidation sites excluding steroid dienone is 3. The van der Waals surface area contributed by atoms with E-state index < -0.39 is 0 Å². The molecule has 6 heteroatoms. The molecular formula is C22H19ClN2OS2. The van der Waals surface area contributed by atoms with Gasteiger partial charge in [-0.15, -0.1) is 11.8 Å². The van der Waals surface area contributed by atoms with Gasteiger partial charge in [-0.3, -0.25) is 4.79 Å². The molecule has 28 heavy (non-hydrogen) atoms. The lowest BCUT2D eigenvalue weighted by Crippen LogP contribution is -2.27. The summed E-state index contributed by atoms with van der Waals surface area (Å²) in [6, 6.07) is 19.8. The highest BCUT2D eigenvalue weighted by Crippen LogP contribution is 2.42. The summed E-state index contributed by atoms with van der Waals surface area (Å²) in [6.45, 7) is 3.43. The Morgan fingerprint density at radius 1 is 1.14 bits per heavy atom. The van der Waals surface area contributed by atoms with Crippen LogP contribution in [0.3, 0.4) is 0 Å². The van der Waals surface area contributed by atoms with E-state index in [0.717, 1.165) is 21.4 Å². The minimum atomic E-state index is -0.384. The highest BCUT2D eigenvalue weighted by molar-refractivity contribution is 8.17. The zero-order valence-electron chi connectivity index (χ0n) is 15.5. The fraction of sp³-hybridized carbons (Fsp3) is 0.182. The van der Waals surface area contributed by atoms with Gasteiger partial charge in [0.15, 0.2) is 5.78 Å². The summed E-state index contributed by atoms with van der Waals surface area (Å²) in [4.78, 5) is 13.5. The zero-order valence-corrected chi connectivity index (χ0v) is 17.9. The molecule has 0 aliphatic carbocycles. The van der Waals surface area contributed by atoms with Crippen LogP contribution >= 0.6 is 35.1 Å². The van der Waals surface area contributed by atoms with Crippen LogP contribution in [0.25, 0.3) is 0 Å². The van der Waals surface area contributed by atoms with Crippen LogP contribution in [0.2, 0.25) is 5.02 Å². The fourth-order valence-corrected chi connectivity index (χ4v) is 5.43. The maximum absolute atomic E-state index is 12.4. The second kappa shape index (κ2) is 9.38. The van der Waals surface area contributed by atoms with Crippen molar-refractivity contribution in [2.24, 2.45) is 0 Å². The Hall–Kier alpha value is -2.13. The molecule has 1 heterocycles. The third-order valence-electron chi connectivity index (χ3n) is 4.40. The number of thioether (sulfide) groups is 2. The lowest BCUT2D eigenvalue weighted by Gasteiger charge is -2.29. The standard InChI is InChI=1S/C22H19ClN2OS2/c1-14-20(15(2)26)21(16-8-10-17(23)11-9-16)19(12-24)22(25-14)28-13-27-18-6-4-3-5-7-18/h3-11,21,25H,13H2,1-2H3. The molecule has 0 bridgehead atoms. The summed E-state index contributed by atoms with van der Waals surface area (Å²) < 4.78 is 0. The molecule has 0 saturated heterocycles. The van der Waals surface area contributed by atoms with Gasteiger partial charge in [-0.1, -0.05) is 53.7 Å². The van der Waals surface area contributed by atoms with E-state index >= 15 is 0 Å². The first-order valence-corrected chi connectivity index (χ1v) is 11.0. The summed E-state index contributed by atoms with van der Waals surface area (Å²) in [5.74, 6) is -0.425. The Morgan fingerprint density at radius 3 is 2.43 bits per heavy atom. The van der Waals surface area contributed by atoms with Gasteiger partial charge < -0.3 is 5.32 Å². The molecule has 2 aromatic rings. The van der Waals surface area contributed by atoms with E-state index in [4.69, 9.17) is 11.6 Å². The molecule has 1 aliphatic heterocycles. The molecular weight excluding hydrogens is 408 g/mol. The topological polar surface area (TPSA) is 52.9 Å². The predicted molar refractivity (Wildman–Crippen MR) is 118 cm³/mol. The van der Waals surface area contributed by atoms with Gasteiger partial charge in [-0.25, -0.2) is 0 Å². The fourth-order valence-electron chi connectivity index (χ4n) is 3.16. The second-order valence-corrected chi connectivity index (χ2v) is 9.11. The predicted octanol–water partition coefficient (Wildman–Crippen LogP) is 6.11. The van der Waals surface area contributed by atoms with Gasteiger partial charge >= 0.3 is 0 Å². The van der Waals surface area contributed by atoms with Gasteiger partial charge in [0.1, 0.15) is 0 Å². The third-order valence-corrected chi connectivity index (χ3v) is 6.81. The number of nitrogens with one attached hydrogen (secondary N) is 1. The molecule has 0 aromatic heterocycles. The van der Waals surface area contributed by atoms with Crippen molar-refractivity contribution in [3.05, 3.63) is 87.1 Å². The number of hydrogen-bond acceptors (Lipinski definition) is 5. The van der Waals surface area contributed by atoms with Crippen LogP contribution in [-0.4, -0.2) is 10.9 Å². The molecule has 2 aromatic carbocycles. The third kappa shape index (κ3) is 4.64. The van der Waals surface area contributed by atoms with Crippen molar-refractivity contribution < 1.29 is 4.79 Å². The monoisotopic (exact) mass is 426 g/mol. The number of carbonyl (C=O) groups is 1. The smallest absolute Gasteiger partial charge is 0.158 e. The van der Waals surface area contributed by atoms with Crippen molar-refractivity contribution >= 4 is 40.9 Å². The zero-order chi connectivity index (χ0) is 20.1. The van der Waals surface area contributed by atoms with E-state index in [9.17, 15) is 10.1 Å². The Morgan fingerprint density at radius 2 is 1.82 bits per heavy atom. The van der Waals surface area contributed by atoms with Gasteiger partial charge in [-0.2, -0.15) is 5.26 Å². The molecule has 142 valence electrons. The molecule has 3 rings (SSSR count). The summed E-state index contributed by atoms with van der Waals surface area (Å²) >= 11 is 9.32. The van der Waals surface area contributed by atoms with E-state index in [-0.39, 0.29) is 11.7 Å². The first-order chi connectivity index (χ1) is 13.5. The minimum Gasteiger partial charge on any atom is -0.353 e. The quantitative estimate of drug-likeness (QED) is 0.446. The van der Waals surface area contributed by atoms with E-state index in [1.807, 2.05) is 37.3 Å². The van der Waals surface area contributed by atoms with Crippen molar-refractivity contribution in [2.45, 2.75) is 24.7 Å². The molecule has 1 aliphatic rings. The first-order valence-electron chi connectivity index (χ1n) is 8.70. The number of dihydropyridines is 1. The number of hydrogen-bond donors (Lipinski definition) is 1. The van der Waals surface area contributed by atoms with Gasteiger partial charge in [0.25, 0.3) is 0 Å². The van der Waals surface area contributed by atoms with Crippen LogP contribution in [0.4, 0.5) is 0 Å². The highest BCUT2D eigenvalue weighted by Gasteiger charge is 2.32. The van der Waals surface area contributed by atoms with Gasteiger partial charge in [0, 0.05) is 21.2 Å². The van der Waals surface area contributed by atoms with E-state index in [0.29, 0.717) is 16.2 Å². The number of nitrogens with zero attached hydrogens (tertiary/aromatic N) is 1. The van der Waals surface area contributed by atoms with Crippen molar-refractivity contribution in [3.8, 4) is 6.07 Å². The minimum absolute atomic E-state index is 0.0413. The van der Waals surface area contributed by atoms with Crippen LogP contribution in [0.5, 0.6) is 0 Å². The van der Waals surface area contributed by atoms with Crippen molar-refractivity contribution in [1.29, 1.82) is 5.26 Å². The Labute approximate surface area is 178 Å². The van der Waals surface area contributed by atoms with Crippen LogP contribution in [-0.2, 0) is 4.79 Å². The van der Waals surface area contributed by atoms with Gasteiger partial charge in [-0.05, 0) is 43.7 Å². The van der Waals surface area contributed by atoms with Crippen LogP contribution in [0.15, 0.2) is 81.4 Å². The first kappa shape index (κ1) is 20.6. The lowest BCUT2D eigenvalue weighted by molar-refractivity contribution is -0.113. The number of ketones is 1. The van der Waals surface area contributed by atoms with Crippen LogP contribution in [0, 0.1) is 11.3 Å².